The number of rotatable bonds is 5. The van der Waals surface area contributed by atoms with Crippen molar-refractivity contribution in [1.29, 1.82) is 0 Å². The van der Waals surface area contributed by atoms with E-state index in [0.717, 1.165) is 36.3 Å². The maximum atomic E-state index is 4.97. The molecule has 3 nitrogen and oxygen atoms in total. The fourth-order valence-electron chi connectivity index (χ4n) is 3.26. The van der Waals surface area contributed by atoms with Crippen LogP contribution in [-0.4, -0.2) is 16.9 Å². The fraction of sp³-hybridized carbons (Fsp3) is 0.273. The van der Waals surface area contributed by atoms with Crippen LogP contribution in [-0.2, 0) is 6.42 Å². The van der Waals surface area contributed by atoms with Crippen LogP contribution in [0.2, 0.25) is 0 Å². The summed E-state index contributed by atoms with van der Waals surface area (Å²) in [6.45, 7) is 0.781. The van der Waals surface area contributed by atoms with E-state index in [1.807, 2.05) is 6.07 Å². The third-order valence-electron chi connectivity index (χ3n) is 4.67. The van der Waals surface area contributed by atoms with Crippen molar-refractivity contribution in [2.24, 2.45) is 10.1 Å². The van der Waals surface area contributed by atoms with Crippen LogP contribution in [0.25, 0.3) is 11.3 Å². The summed E-state index contributed by atoms with van der Waals surface area (Å²) < 4.78 is 2.06. The van der Waals surface area contributed by atoms with Crippen LogP contribution in [0.1, 0.15) is 31.2 Å². The van der Waals surface area contributed by atoms with Crippen LogP contribution in [0.5, 0.6) is 0 Å². The topological polar surface area (TPSA) is 29.6 Å². The molecule has 3 aromatic rings. The first kappa shape index (κ1) is 17.0. The second-order valence-corrected chi connectivity index (χ2v) is 7.41. The molecule has 1 aliphatic carbocycles. The third kappa shape index (κ3) is 4.02. The van der Waals surface area contributed by atoms with Crippen LogP contribution in [0.3, 0.4) is 0 Å². The highest BCUT2D eigenvalue weighted by Crippen LogP contribution is 2.21. The van der Waals surface area contributed by atoms with Crippen molar-refractivity contribution in [3.05, 3.63) is 76.4 Å². The zero-order valence-electron chi connectivity index (χ0n) is 14.8. The Morgan fingerprint density at radius 3 is 2.31 bits per heavy atom. The predicted octanol–water partition coefficient (Wildman–Crippen LogP) is 5.14. The van der Waals surface area contributed by atoms with Gasteiger partial charge in [-0.15, -0.1) is 11.3 Å². The molecule has 132 valence electrons. The molecule has 0 saturated heterocycles. The normalized spacial score (nSPS) is 14.8. The highest BCUT2D eigenvalue weighted by Gasteiger charge is 2.12. The zero-order valence-corrected chi connectivity index (χ0v) is 15.7. The van der Waals surface area contributed by atoms with Crippen molar-refractivity contribution < 1.29 is 0 Å². The van der Waals surface area contributed by atoms with Gasteiger partial charge in [-0.1, -0.05) is 60.7 Å². The van der Waals surface area contributed by atoms with Gasteiger partial charge in [0, 0.05) is 23.2 Å². The van der Waals surface area contributed by atoms with E-state index in [0.29, 0.717) is 0 Å². The minimum absolute atomic E-state index is 0.781. The molecule has 0 N–H and O–H groups in total. The molecule has 0 spiro atoms. The lowest BCUT2D eigenvalue weighted by atomic mass is 10.2. The Morgan fingerprint density at radius 2 is 1.58 bits per heavy atom. The van der Waals surface area contributed by atoms with Gasteiger partial charge in [0.1, 0.15) is 0 Å². The lowest BCUT2D eigenvalue weighted by Crippen LogP contribution is -2.14. The van der Waals surface area contributed by atoms with Gasteiger partial charge >= 0.3 is 0 Å². The Balaban J connectivity index is 1.66. The molecule has 1 heterocycles. The minimum Gasteiger partial charge on any atom is -0.257 e. The van der Waals surface area contributed by atoms with E-state index < -0.39 is 0 Å². The standard InChI is InChI=1S/C22H23N3S/c1-3-9-18(10-4-1)15-16-23-22-25(24-20-13-7-8-14-20)21(17-26-22)19-11-5-2-6-12-19/h1-6,9-12,17H,7-8,13-16H2. The summed E-state index contributed by atoms with van der Waals surface area (Å²) in [5.41, 5.74) is 4.94. The first-order chi connectivity index (χ1) is 12.9. The molecule has 0 bridgehead atoms. The first-order valence-electron chi connectivity index (χ1n) is 9.27. The number of benzene rings is 2. The molecule has 0 radical (unpaired) electrons. The van der Waals surface area contributed by atoms with Gasteiger partial charge in [0.15, 0.2) is 0 Å². The van der Waals surface area contributed by atoms with Gasteiger partial charge in [-0.25, -0.2) is 4.68 Å². The molecular formula is C22H23N3S. The van der Waals surface area contributed by atoms with Crippen molar-refractivity contribution in [1.82, 2.24) is 4.68 Å². The lowest BCUT2D eigenvalue weighted by molar-refractivity contribution is 0.807. The van der Waals surface area contributed by atoms with E-state index in [9.17, 15) is 0 Å². The quantitative estimate of drug-likeness (QED) is 0.602. The van der Waals surface area contributed by atoms with Crippen molar-refractivity contribution in [3.63, 3.8) is 0 Å². The molecular weight excluding hydrogens is 338 g/mol. The van der Waals surface area contributed by atoms with Crippen molar-refractivity contribution in [2.75, 3.05) is 6.54 Å². The monoisotopic (exact) mass is 361 g/mol. The maximum absolute atomic E-state index is 4.97. The van der Waals surface area contributed by atoms with Crippen LogP contribution in [0.15, 0.2) is 76.1 Å². The summed E-state index contributed by atoms with van der Waals surface area (Å²) in [5, 5.41) is 7.15. The maximum Gasteiger partial charge on any atom is 0.206 e. The first-order valence-corrected chi connectivity index (χ1v) is 10.2. The second kappa shape index (κ2) is 8.28. The van der Waals surface area contributed by atoms with Crippen molar-refractivity contribution >= 4 is 17.0 Å². The Morgan fingerprint density at radius 1 is 0.885 bits per heavy atom. The highest BCUT2D eigenvalue weighted by molar-refractivity contribution is 7.07. The number of aromatic nitrogens is 1. The van der Waals surface area contributed by atoms with Gasteiger partial charge in [0.05, 0.1) is 5.69 Å². The molecule has 1 aromatic heterocycles. The van der Waals surface area contributed by atoms with Gasteiger partial charge < -0.3 is 0 Å². The summed E-state index contributed by atoms with van der Waals surface area (Å²) >= 11 is 1.68. The van der Waals surface area contributed by atoms with Gasteiger partial charge in [-0.05, 0) is 37.7 Å². The van der Waals surface area contributed by atoms with Gasteiger partial charge in [0.2, 0.25) is 4.80 Å². The molecule has 0 unspecified atom stereocenters. The molecule has 2 aromatic carbocycles. The summed E-state index contributed by atoms with van der Waals surface area (Å²) in [4.78, 5) is 5.85. The third-order valence-corrected chi connectivity index (χ3v) is 5.52. The van der Waals surface area contributed by atoms with Crippen molar-refractivity contribution in [3.8, 4) is 11.3 Å². The Kier molecular flexibility index (Phi) is 5.41. The summed E-state index contributed by atoms with van der Waals surface area (Å²) in [7, 11) is 0. The van der Waals surface area contributed by atoms with E-state index in [1.165, 1.54) is 29.7 Å². The average Bonchev–Trinajstić information content (AvgIpc) is 3.34. The van der Waals surface area contributed by atoms with Crippen LogP contribution in [0, 0.1) is 0 Å². The Bertz CT molecular complexity index is 928. The van der Waals surface area contributed by atoms with Crippen molar-refractivity contribution in [2.45, 2.75) is 32.1 Å². The van der Waals surface area contributed by atoms with Gasteiger partial charge in [-0.3, -0.25) is 4.99 Å². The highest BCUT2D eigenvalue weighted by atomic mass is 32.1. The number of nitrogens with zero attached hydrogens (tertiary/aromatic N) is 3. The second-order valence-electron chi connectivity index (χ2n) is 6.57. The Hall–Kier alpha value is -2.46. The lowest BCUT2D eigenvalue weighted by Gasteiger charge is -2.05. The molecule has 4 heteroatoms. The number of hydrogen-bond acceptors (Lipinski definition) is 3. The fourth-order valence-corrected chi connectivity index (χ4v) is 4.12. The largest absolute Gasteiger partial charge is 0.257 e. The average molecular weight is 362 g/mol. The van der Waals surface area contributed by atoms with E-state index >= 15 is 0 Å². The molecule has 0 aliphatic heterocycles. The molecule has 0 amide bonds. The summed E-state index contributed by atoms with van der Waals surface area (Å²) in [6.07, 6.45) is 5.69. The smallest absolute Gasteiger partial charge is 0.206 e. The Labute approximate surface area is 158 Å². The predicted molar refractivity (Wildman–Crippen MR) is 110 cm³/mol. The zero-order chi connectivity index (χ0) is 17.6. The van der Waals surface area contributed by atoms with Gasteiger partial charge in [0.25, 0.3) is 0 Å². The van der Waals surface area contributed by atoms with Crippen LogP contribution >= 0.6 is 11.3 Å². The molecule has 26 heavy (non-hydrogen) atoms. The summed E-state index contributed by atoms with van der Waals surface area (Å²) in [6, 6.07) is 21.0. The minimum atomic E-state index is 0.781. The van der Waals surface area contributed by atoms with E-state index in [-0.39, 0.29) is 0 Å². The molecule has 1 fully saturated rings. The molecule has 4 rings (SSSR count). The molecule has 0 atom stereocenters. The SMILES string of the molecule is c1ccc(CCN=c2scc(-c3ccccc3)n2N=C2CCCC2)cc1. The van der Waals surface area contributed by atoms with Crippen LogP contribution in [0.4, 0.5) is 0 Å². The van der Waals surface area contributed by atoms with Crippen LogP contribution < -0.4 is 4.80 Å². The number of hydrogen-bond donors (Lipinski definition) is 0. The van der Waals surface area contributed by atoms with E-state index in [4.69, 9.17) is 10.1 Å². The molecule has 1 saturated carbocycles. The van der Waals surface area contributed by atoms with Gasteiger partial charge in [-0.2, -0.15) is 5.10 Å². The van der Waals surface area contributed by atoms with E-state index in [1.54, 1.807) is 11.3 Å². The van der Waals surface area contributed by atoms with E-state index in [2.05, 4.69) is 64.7 Å². The molecule has 1 aliphatic rings. The number of thiazole rings is 1. The summed E-state index contributed by atoms with van der Waals surface area (Å²) in [5.74, 6) is 0.